The van der Waals surface area contributed by atoms with Crippen molar-refractivity contribution in [2.75, 3.05) is 32.8 Å². The second-order valence-corrected chi connectivity index (χ2v) is 7.63. The van der Waals surface area contributed by atoms with Gasteiger partial charge in [0.2, 0.25) is 5.91 Å². The third kappa shape index (κ3) is 3.45. The first-order valence-electron chi connectivity index (χ1n) is 9.45. The van der Waals surface area contributed by atoms with Crippen LogP contribution >= 0.6 is 0 Å². The molecule has 4 aliphatic rings. The van der Waals surface area contributed by atoms with Crippen molar-refractivity contribution in [3.05, 3.63) is 0 Å². The second-order valence-electron chi connectivity index (χ2n) is 7.63. The summed E-state index contributed by atoms with van der Waals surface area (Å²) in [6.45, 7) is 5.00. The number of hydrogen-bond acceptors (Lipinski definition) is 9. The Hall–Kier alpha value is -0.920. The van der Waals surface area contributed by atoms with Crippen molar-refractivity contribution in [1.29, 1.82) is 0 Å². The molecular weight excluding hydrogens is 341 g/mol. The largest absolute Gasteiger partial charge is 0.350 e. The standard InChI is InChI=1S/C15H30FN9O/c1-8-22-20-7-24(8)11-2-3-18-5-10(11)21-15(26)12-13(17)23-25-6-9(16)4-19-14(12)25/h8-14,18-20,22-23H,2-7,17H2,1H3,(H,21,26). The number of hydrogen-bond donors (Lipinski definition) is 7. The number of halogens is 1. The minimum atomic E-state index is -0.962. The molecule has 1 amide bonds. The summed E-state index contributed by atoms with van der Waals surface area (Å²) < 4.78 is 13.6. The second kappa shape index (κ2) is 7.60. The van der Waals surface area contributed by atoms with Gasteiger partial charge in [0.15, 0.2) is 0 Å². The van der Waals surface area contributed by atoms with E-state index in [1.54, 1.807) is 5.01 Å². The van der Waals surface area contributed by atoms with Crippen LogP contribution in [0.5, 0.6) is 0 Å². The molecule has 11 heteroatoms. The monoisotopic (exact) mass is 371 g/mol. The van der Waals surface area contributed by atoms with E-state index in [2.05, 4.69) is 44.1 Å². The van der Waals surface area contributed by atoms with Gasteiger partial charge in [0.25, 0.3) is 0 Å². The van der Waals surface area contributed by atoms with Gasteiger partial charge in [-0.25, -0.2) is 25.7 Å². The molecule has 148 valence electrons. The van der Waals surface area contributed by atoms with Crippen LogP contribution in [0.3, 0.4) is 0 Å². The zero-order valence-corrected chi connectivity index (χ0v) is 15.0. The van der Waals surface area contributed by atoms with Gasteiger partial charge in [-0.05, 0) is 19.9 Å². The minimum absolute atomic E-state index is 0.000774. The maximum Gasteiger partial charge on any atom is 0.229 e. The molecular formula is C15H30FN9O. The lowest BCUT2D eigenvalue weighted by Gasteiger charge is -2.40. The van der Waals surface area contributed by atoms with Crippen LogP contribution in [0.2, 0.25) is 0 Å². The molecule has 0 aliphatic carbocycles. The number of nitrogens with one attached hydrogen (secondary N) is 6. The fourth-order valence-corrected chi connectivity index (χ4v) is 4.56. The van der Waals surface area contributed by atoms with Crippen molar-refractivity contribution in [3.63, 3.8) is 0 Å². The number of alkyl halides is 1. The molecule has 7 unspecified atom stereocenters. The third-order valence-corrected chi connectivity index (χ3v) is 5.89. The Balaban J connectivity index is 1.42. The van der Waals surface area contributed by atoms with Crippen LogP contribution in [-0.4, -0.2) is 85.4 Å². The number of piperidine rings is 1. The molecule has 26 heavy (non-hydrogen) atoms. The van der Waals surface area contributed by atoms with Crippen LogP contribution in [0, 0.1) is 5.92 Å². The molecule has 8 N–H and O–H groups in total. The van der Waals surface area contributed by atoms with Gasteiger partial charge in [-0.2, -0.15) is 0 Å². The highest BCUT2D eigenvalue weighted by Crippen LogP contribution is 2.23. The molecule has 4 fully saturated rings. The topological polar surface area (TPSA) is 122 Å². The van der Waals surface area contributed by atoms with E-state index in [0.717, 1.165) is 26.2 Å². The zero-order chi connectivity index (χ0) is 18.3. The quantitative estimate of drug-likeness (QED) is 0.271. The van der Waals surface area contributed by atoms with E-state index in [4.69, 9.17) is 5.73 Å². The normalized spacial score (nSPS) is 44.8. The highest BCUT2D eigenvalue weighted by atomic mass is 19.1. The van der Waals surface area contributed by atoms with Crippen LogP contribution in [-0.2, 0) is 4.79 Å². The van der Waals surface area contributed by atoms with Crippen LogP contribution in [0.15, 0.2) is 0 Å². The van der Waals surface area contributed by atoms with Crippen LogP contribution in [0.1, 0.15) is 13.3 Å². The molecule has 4 heterocycles. The third-order valence-electron chi connectivity index (χ3n) is 5.89. The first kappa shape index (κ1) is 18.4. The van der Waals surface area contributed by atoms with Gasteiger partial charge in [-0.1, -0.05) is 0 Å². The highest BCUT2D eigenvalue weighted by molar-refractivity contribution is 5.81. The Morgan fingerprint density at radius 1 is 1.35 bits per heavy atom. The Morgan fingerprint density at radius 3 is 2.96 bits per heavy atom. The number of amides is 1. The maximum absolute atomic E-state index is 13.6. The van der Waals surface area contributed by atoms with Crippen LogP contribution < -0.4 is 38.0 Å². The first-order valence-corrected chi connectivity index (χ1v) is 9.45. The number of nitrogens with zero attached hydrogens (tertiary/aromatic N) is 2. The van der Waals surface area contributed by atoms with Gasteiger partial charge in [0, 0.05) is 25.7 Å². The van der Waals surface area contributed by atoms with Crippen LogP contribution in [0.25, 0.3) is 0 Å². The maximum atomic E-state index is 13.6. The van der Waals surface area contributed by atoms with Crippen molar-refractivity contribution in [3.8, 4) is 0 Å². The molecule has 0 radical (unpaired) electrons. The van der Waals surface area contributed by atoms with Crippen LogP contribution in [0.4, 0.5) is 4.39 Å². The Labute approximate surface area is 152 Å². The molecule has 0 aromatic carbocycles. The van der Waals surface area contributed by atoms with E-state index in [1.807, 2.05) is 0 Å². The van der Waals surface area contributed by atoms with Crippen molar-refractivity contribution in [2.45, 2.75) is 50.1 Å². The predicted octanol–water partition coefficient (Wildman–Crippen LogP) is -3.46. The van der Waals surface area contributed by atoms with Gasteiger partial charge < -0.3 is 16.4 Å². The average Bonchev–Trinajstić information content (AvgIpc) is 3.17. The van der Waals surface area contributed by atoms with E-state index >= 15 is 0 Å². The summed E-state index contributed by atoms with van der Waals surface area (Å²) in [5, 5.41) is 11.4. The number of hydrazine groups is 2. The minimum Gasteiger partial charge on any atom is -0.350 e. The van der Waals surface area contributed by atoms with Crippen molar-refractivity contribution < 1.29 is 9.18 Å². The lowest BCUT2D eigenvalue weighted by atomic mass is 9.96. The smallest absolute Gasteiger partial charge is 0.229 e. The number of carbonyl (C=O) groups is 1. The molecule has 0 bridgehead atoms. The van der Waals surface area contributed by atoms with Crippen molar-refractivity contribution in [1.82, 2.24) is 42.1 Å². The van der Waals surface area contributed by atoms with E-state index < -0.39 is 18.3 Å². The fraction of sp³-hybridized carbons (Fsp3) is 0.933. The van der Waals surface area contributed by atoms with E-state index in [1.165, 1.54) is 0 Å². The summed E-state index contributed by atoms with van der Waals surface area (Å²) in [7, 11) is 0. The molecule has 0 spiro atoms. The Bertz CT molecular complexity index is 525. The molecule has 0 aromatic heterocycles. The SMILES string of the molecule is CC1NNCN1C1CCNCC1NC(=O)C1C(N)NN2CC(F)CNC12. The van der Waals surface area contributed by atoms with E-state index in [-0.39, 0.29) is 43.4 Å². The first-order chi connectivity index (χ1) is 12.5. The van der Waals surface area contributed by atoms with Crippen molar-refractivity contribution >= 4 is 5.91 Å². The summed E-state index contributed by atoms with van der Waals surface area (Å²) >= 11 is 0. The lowest BCUT2D eigenvalue weighted by Crippen LogP contribution is -2.63. The van der Waals surface area contributed by atoms with E-state index in [9.17, 15) is 9.18 Å². The molecule has 4 saturated heterocycles. The lowest BCUT2D eigenvalue weighted by molar-refractivity contribution is -0.128. The Kier molecular flexibility index (Phi) is 5.39. The predicted molar refractivity (Wildman–Crippen MR) is 93.6 cm³/mol. The van der Waals surface area contributed by atoms with Gasteiger partial charge in [0.1, 0.15) is 6.17 Å². The molecule has 10 nitrogen and oxygen atoms in total. The summed E-state index contributed by atoms with van der Waals surface area (Å²) in [5.74, 6) is -0.550. The zero-order valence-electron chi connectivity index (χ0n) is 15.0. The van der Waals surface area contributed by atoms with Crippen molar-refractivity contribution in [2.24, 2.45) is 11.7 Å². The average molecular weight is 371 g/mol. The van der Waals surface area contributed by atoms with Gasteiger partial charge in [-0.15, -0.1) is 0 Å². The number of nitrogens with two attached hydrogens (primary N) is 1. The molecule has 0 saturated carbocycles. The molecule has 0 aromatic rings. The number of fused-ring (bicyclic) bond motifs is 1. The highest BCUT2D eigenvalue weighted by Gasteiger charge is 2.48. The summed E-state index contributed by atoms with van der Waals surface area (Å²) in [4.78, 5) is 15.4. The fourth-order valence-electron chi connectivity index (χ4n) is 4.56. The molecule has 4 aliphatic heterocycles. The van der Waals surface area contributed by atoms with Gasteiger partial charge in [0.05, 0.1) is 37.1 Å². The summed E-state index contributed by atoms with van der Waals surface area (Å²) in [6, 6.07) is 0.244. The number of rotatable bonds is 3. The van der Waals surface area contributed by atoms with Gasteiger partial charge in [-0.3, -0.25) is 15.0 Å². The Morgan fingerprint density at radius 2 is 2.19 bits per heavy atom. The molecule has 4 rings (SSSR count). The van der Waals surface area contributed by atoms with E-state index in [0.29, 0.717) is 0 Å². The number of carbonyl (C=O) groups excluding carboxylic acids is 1. The summed E-state index contributed by atoms with van der Waals surface area (Å²) in [6.07, 6.45) is -0.588. The van der Waals surface area contributed by atoms with Gasteiger partial charge >= 0.3 is 0 Å². The molecule has 7 atom stereocenters. The summed E-state index contributed by atoms with van der Waals surface area (Å²) in [5.41, 5.74) is 15.5.